The lowest BCUT2D eigenvalue weighted by atomic mass is 9.33. The first-order valence-electron chi connectivity index (χ1n) is 22.6. The maximum atomic E-state index is 2.94. The standard InChI is InChI=1S/C52H62BN3Si2/c1-49-29-15-17-31-51(49,3)55-42-33-35(54(40-25-11-13-27-44(40)57(5,6)7)41-26-12-14-28-45(41)58(8,9)10)34-43-46(42)53(38-23-19-21-36(49)47(38)55)39-24-20-22-37-48(39)56(43)52(4)32-18-16-30-50(37,52)2/h11-14,19-28,33-34H,15-18,29-32H2,1-10H3. The number of fused-ring (bicyclic) bond motifs is 10. The summed E-state index contributed by atoms with van der Waals surface area (Å²) in [5.41, 5.74) is 17.9. The molecule has 2 saturated carbocycles. The fourth-order valence-electron chi connectivity index (χ4n) is 13.7. The second kappa shape index (κ2) is 11.8. The average molecular weight is 796 g/mol. The first-order chi connectivity index (χ1) is 27.5. The maximum Gasteiger partial charge on any atom is 0.252 e. The molecule has 58 heavy (non-hydrogen) atoms. The van der Waals surface area contributed by atoms with Crippen LogP contribution in [0.3, 0.4) is 0 Å². The van der Waals surface area contributed by atoms with Crippen molar-refractivity contribution < 1.29 is 0 Å². The molecule has 5 aromatic rings. The van der Waals surface area contributed by atoms with Crippen LogP contribution in [-0.2, 0) is 10.8 Å². The minimum Gasteiger partial charge on any atom is -0.335 e. The average Bonchev–Trinajstić information content (AvgIpc) is 3.54. The van der Waals surface area contributed by atoms with Crippen molar-refractivity contribution >= 4 is 89.4 Å². The number of rotatable bonds is 5. The minimum atomic E-state index is -1.78. The minimum absolute atomic E-state index is 0.0191. The van der Waals surface area contributed by atoms with Crippen LogP contribution in [0.5, 0.6) is 0 Å². The van der Waals surface area contributed by atoms with Gasteiger partial charge in [-0.15, -0.1) is 0 Å². The summed E-state index contributed by atoms with van der Waals surface area (Å²) in [4.78, 5) is 8.62. The van der Waals surface area contributed by atoms with E-state index in [1.54, 1.807) is 16.6 Å². The van der Waals surface area contributed by atoms with Gasteiger partial charge in [0.25, 0.3) is 6.71 Å². The van der Waals surface area contributed by atoms with Gasteiger partial charge in [-0.25, -0.2) is 0 Å². The molecule has 4 atom stereocenters. The number of hydrogen-bond donors (Lipinski definition) is 0. The Morgan fingerprint density at radius 1 is 0.517 bits per heavy atom. The molecule has 4 heterocycles. The molecular formula is C52H62BN3Si2. The van der Waals surface area contributed by atoms with Crippen LogP contribution >= 0.6 is 0 Å². The van der Waals surface area contributed by atoms with Crippen LogP contribution in [0.4, 0.5) is 39.8 Å². The highest BCUT2D eigenvalue weighted by molar-refractivity contribution is 7.00. The molecule has 0 spiro atoms. The topological polar surface area (TPSA) is 9.72 Å². The van der Waals surface area contributed by atoms with Gasteiger partial charge < -0.3 is 14.7 Å². The molecule has 0 N–H and O–H groups in total. The zero-order valence-corrected chi connectivity index (χ0v) is 38.8. The van der Waals surface area contributed by atoms with E-state index in [1.165, 1.54) is 112 Å². The molecule has 3 nitrogen and oxygen atoms in total. The van der Waals surface area contributed by atoms with Gasteiger partial charge in [0, 0.05) is 45.0 Å². The van der Waals surface area contributed by atoms with E-state index < -0.39 is 16.1 Å². The Labute approximate surface area is 351 Å². The quantitative estimate of drug-likeness (QED) is 0.164. The van der Waals surface area contributed by atoms with Crippen molar-refractivity contribution in [1.29, 1.82) is 0 Å². The largest absolute Gasteiger partial charge is 0.335 e. The van der Waals surface area contributed by atoms with Gasteiger partial charge in [-0.3, -0.25) is 0 Å². The number of benzene rings is 5. The molecule has 6 heteroatoms. The van der Waals surface area contributed by atoms with Crippen LogP contribution in [-0.4, -0.2) is 33.9 Å². The van der Waals surface area contributed by atoms with Crippen LogP contribution in [0, 0.1) is 0 Å². The number of para-hydroxylation sites is 4. The molecule has 2 fully saturated rings. The fraction of sp³-hybridized carbons (Fsp3) is 0.423. The number of hydrogen-bond acceptors (Lipinski definition) is 3. The number of anilines is 7. The van der Waals surface area contributed by atoms with Crippen molar-refractivity contribution in [1.82, 2.24) is 0 Å². The summed E-state index contributed by atoms with van der Waals surface area (Å²) in [7, 11) is -3.56. The van der Waals surface area contributed by atoms with Crippen LogP contribution < -0.4 is 41.5 Å². The van der Waals surface area contributed by atoms with E-state index in [-0.39, 0.29) is 28.6 Å². The highest BCUT2D eigenvalue weighted by Crippen LogP contribution is 2.65. The van der Waals surface area contributed by atoms with Crippen molar-refractivity contribution in [2.24, 2.45) is 0 Å². The third kappa shape index (κ3) is 4.47. The summed E-state index contributed by atoms with van der Waals surface area (Å²) in [6, 6.07) is 39.2. The van der Waals surface area contributed by atoms with Crippen LogP contribution in [0.15, 0.2) is 97.1 Å². The van der Waals surface area contributed by atoms with Crippen molar-refractivity contribution in [3.05, 3.63) is 108 Å². The van der Waals surface area contributed by atoms with Gasteiger partial charge >= 0.3 is 0 Å². The van der Waals surface area contributed by atoms with Crippen LogP contribution in [0.25, 0.3) is 0 Å². The van der Waals surface area contributed by atoms with E-state index in [4.69, 9.17) is 0 Å². The summed E-state index contributed by atoms with van der Waals surface area (Å²) in [5, 5.41) is 3.04. The smallest absolute Gasteiger partial charge is 0.252 e. The lowest BCUT2D eigenvalue weighted by Gasteiger charge is -2.55. The van der Waals surface area contributed by atoms with Gasteiger partial charge in [-0.1, -0.05) is 152 Å². The first kappa shape index (κ1) is 37.0. The van der Waals surface area contributed by atoms with Crippen LogP contribution in [0.2, 0.25) is 39.3 Å². The lowest BCUT2D eigenvalue weighted by Crippen LogP contribution is -2.66. The van der Waals surface area contributed by atoms with Crippen molar-refractivity contribution in [3.63, 3.8) is 0 Å². The van der Waals surface area contributed by atoms with Crippen LogP contribution in [0.1, 0.15) is 90.2 Å². The Balaban J connectivity index is 1.30. The second-order valence-corrected chi connectivity index (χ2v) is 32.1. The third-order valence-electron chi connectivity index (χ3n) is 17.0. The summed E-state index contributed by atoms with van der Waals surface area (Å²) < 4.78 is 0. The Morgan fingerprint density at radius 2 is 0.931 bits per heavy atom. The summed E-state index contributed by atoms with van der Waals surface area (Å²) in [5.74, 6) is 0. The highest BCUT2D eigenvalue weighted by atomic mass is 28.3. The molecule has 2 aliphatic carbocycles. The Bertz CT molecular complexity index is 2400. The van der Waals surface area contributed by atoms with Crippen molar-refractivity contribution in [2.45, 2.75) is 140 Å². The molecule has 0 bridgehead atoms. The second-order valence-electron chi connectivity index (χ2n) is 22.0. The van der Waals surface area contributed by atoms with Crippen molar-refractivity contribution in [2.75, 3.05) is 14.7 Å². The van der Waals surface area contributed by atoms with E-state index in [2.05, 4.69) is 179 Å². The fourth-order valence-corrected chi connectivity index (χ4v) is 16.8. The zero-order valence-electron chi connectivity index (χ0n) is 36.8. The number of nitrogens with zero attached hydrogens (tertiary/aromatic N) is 3. The van der Waals surface area contributed by atoms with E-state index in [1.807, 2.05) is 0 Å². The van der Waals surface area contributed by atoms with Gasteiger partial charge in [0.1, 0.15) is 0 Å². The molecular weight excluding hydrogens is 734 g/mol. The molecule has 0 amide bonds. The van der Waals surface area contributed by atoms with E-state index in [0.29, 0.717) is 0 Å². The highest BCUT2D eigenvalue weighted by Gasteiger charge is 2.64. The molecule has 11 rings (SSSR count). The van der Waals surface area contributed by atoms with Gasteiger partial charge in [0.05, 0.1) is 32.9 Å². The van der Waals surface area contributed by atoms with Gasteiger partial charge in [-0.2, -0.15) is 0 Å². The lowest BCUT2D eigenvalue weighted by molar-refractivity contribution is 0.194. The zero-order chi connectivity index (χ0) is 40.4. The summed E-state index contributed by atoms with van der Waals surface area (Å²) in [6.45, 7) is 25.9. The van der Waals surface area contributed by atoms with E-state index >= 15 is 0 Å². The Morgan fingerprint density at radius 3 is 1.36 bits per heavy atom. The molecule has 4 unspecified atom stereocenters. The van der Waals surface area contributed by atoms with Gasteiger partial charge in [-0.05, 0) is 102 Å². The maximum absolute atomic E-state index is 2.94. The van der Waals surface area contributed by atoms with Gasteiger partial charge in [0.15, 0.2) is 0 Å². The predicted octanol–water partition coefficient (Wildman–Crippen LogP) is 10.9. The molecule has 296 valence electrons. The third-order valence-corrected chi connectivity index (χ3v) is 21.1. The predicted molar refractivity (Wildman–Crippen MR) is 257 cm³/mol. The van der Waals surface area contributed by atoms with Crippen molar-refractivity contribution in [3.8, 4) is 0 Å². The normalized spacial score (nSPS) is 27.4. The van der Waals surface area contributed by atoms with Gasteiger partial charge in [0.2, 0.25) is 0 Å². The molecule has 0 radical (unpaired) electrons. The monoisotopic (exact) mass is 795 g/mol. The SMILES string of the molecule is CC12CCCCC1(C)N1c3cc(N(c4ccccc4[Si](C)(C)C)c4ccccc4[Si](C)(C)C)cc4c3B(c3cccc2c31)c1cccc2c1N4C1(C)CCCCC21C. The Kier molecular flexibility index (Phi) is 7.56. The molecule has 4 aliphatic heterocycles. The summed E-state index contributed by atoms with van der Waals surface area (Å²) in [6.07, 6.45) is 10.1. The molecule has 0 saturated heterocycles. The first-order valence-corrected chi connectivity index (χ1v) is 29.6. The Hall–Kier alpha value is -4.00. The summed E-state index contributed by atoms with van der Waals surface area (Å²) >= 11 is 0. The molecule has 0 aromatic heterocycles. The van der Waals surface area contributed by atoms with E-state index in [0.717, 1.165) is 0 Å². The molecule has 6 aliphatic rings. The molecule has 5 aromatic carbocycles. The van der Waals surface area contributed by atoms with E-state index in [9.17, 15) is 0 Å².